The minimum Gasteiger partial charge on any atom is -0.335 e. The van der Waals surface area contributed by atoms with Crippen LogP contribution in [0.15, 0.2) is 71.9 Å². The number of aromatic nitrogens is 4. The highest BCUT2D eigenvalue weighted by Gasteiger charge is 2.26. The molecule has 6 heteroatoms. The van der Waals surface area contributed by atoms with Gasteiger partial charge in [-0.3, -0.25) is 9.36 Å². The van der Waals surface area contributed by atoms with Crippen molar-refractivity contribution < 1.29 is 0 Å². The summed E-state index contributed by atoms with van der Waals surface area (Å²) >= 11 is 0. The number of anilines is 1. The van der Waals surface area contributed by atoms with Gasteiger partial charge in [-0.15, -0.1) is 0 Å². The summed E-state index contributed by atoms with van der Waals surface area (Å²) in [5, 5.41) is 2.45. The van der Waals surface area contributed by atoms with E-state index >= 15 is 0 Å². The quantitative estimate of drug-likeness (QED) is 0.540. The second-order valence-corrected chi connectivity index (χ2v) is 7.43. The van der Waals surface area contributed by atoms with Gasteiger partial charge in [-0.2, -0.15) is 0 Å². The molecule has 0 spiro atoms. The maximum absolute atomic E-state index is 12.8. The van der Waals surface area contributed by atoms with Gasteiger partial charge in [0.25, 0.3) is 5.56 Å². The molecule has 3 heterocycles. The summed E-state index contributed by atoms with van der Waals surface area (Å²) in [6.07, 6.45) is 4.05. The highest BCUT2D eigenvalue weighted by molar-refractivity contribution is 5.85. The molecule has 0 saturated carbocycles. The summed E-state index contributed by atoms with van der Waals surface area (Å²) in [4.78, 5) is 28.1. The van der Waals surface area contributed by atoms with Crippen molar-refractivity contribution >= 4 is 16.7 Å². The van der Waals surface area contributed by atoms with Crippen LogP contribution in [-0.4, -0.2) is 25.6 Å². The number of benzene rings is 2. The summed E-state index contributed by atoms with van der Waals surface area (Å²) < 4.78 is 1.77. The fraction of sp³-hybridized carbons (Fsp3) is 0.217. The lowest BCUT2D eigenvalue weighted by Crippen LogP contribution is -2.43. The van der Waals surface area contributed by atoms with E-state index in [0.717, 1.165) is 6.42 Å². The molecular formula is C23H21N5O. The van der Waals surface area contributed by atoms with E-state index < -0.39 is 0 Å². The van der Waals surface area contributed by atoms with Crippen molar-refractivity contribution in [1.82, 2.24) is 19.5 Å². The number of hydrogen-bond acceptors (Lipinski definition) is 5. The van der Waals surface area contributed by atoms with Gasteiger partial charge < -0.3 is 4.90 Å². The minimum atomic E-state index is -0.0431. The van der Waals surface area contributed by atoms with E-state index in [9.17, 15) is 4.79 Å². The van der Waals surface area contributed by atoms with Crippen LogP contribution in [0.2, 0.25) is 0 Å². The Labute approximate surface area is 168 Å². The molecule has 2 aromatic carbocycles. The van der Waals surface area contributed by atoms with Crippen LogP contribution in [-0.2, 0) is 13.1 Å². The lowest BCUT2D eigenvalue weighted by molar-refractivity contribution is 0.455. The highest BCUT2D eigenvalue weighted by atomic mass is 16.1. The van der Waals surface area contributed by atoms with Crippen molar-refractivity contribution in [2.45, 2.75) is 32.5 Å². The van der Waals surface area contributed by atoms with Crippen LogP contribution in [0.4, 0.5) is 5.95 Å². The molecule has 0 fully saturated rings. The first kappa shape index (κ1) is 17.6. The van der Waals surface area contributed by atoms with Crippen LogP contribution < -0.4 is 10.5 Å². The zero-order valence-corrected chi connectivity index (χ0v) is 16.2. The van der Waals surface area contributed by atoms with Crippen LogP contribution in [0.1, 0.15) is 18.9 Å². The lowest BCUT2D eigenvalue weighted by atomic mass is 10.0. The maximum Gasteiger partial charge on any atom is 0.255 e. The Bertz CT molecular complexity index is 1230. The molecule has 0 N–H and O–H groups in total. The Balaban J connectivity index is 1.62. The molecule has 2 aromatic heterocycles. The third-order valence-electron chi connectivity index (χ3n) is 5.61. The molecule has 0 bridgehead atoms. The predicted molar refractivity (Wildman–Crippen MR) is 114 cm³/mol. The van der Waals surface area contributed by atoms with E-state index in [0.29, 0.717) is 30.4 Å². The fourth-order valence-corrected chi connectivity index (χ4v) is 4.01. The fourth-order valence-electron chi connectivity index (χ4n) is 4.01. The molecule has 0 radical (unpaired) electrons. The van der Waals surface area contributed by atoms with Crippen LogP contribution in [0.5, 0.6) is 0 Å². The molecule has 4 aromatic rings. The Morgan fingerprint density at radius 1 is 1.07 bits per heavy atom. The van der Waals surface area contributed by atoms with Crippen molar-refractivity contribution in [3.63, 3.8) is 0 Å². The largest absolute Gasteiger partial charge is 0.335 e. The first-order valence-electron chi connectivity index (χ1n) is 9.82. The van der Waals surface area contributed by atoms with Crippen molar-refractivity contribution in [1.29, 1.82) is 0 Å². The van der Waals surface area contributed by atoms with E-state index in [2.05, 4.69) is 64.3 Å². The van der Waals surface area contributed by atoms with Gasteiger partial charge in [-0.1, -0.05) is 42.5 Å². The average molecular weight is 383 g/mol. The molecule has 6 nitrogen and oxygen atoms in total. The average Bonchev–Trinajstić information content (AvgIpc) is 2.76. The first-order valence-corrected chi connectivity index (χ1v) is 9.82. The summed E-state index contributed by atoms with van der Waals surface area (Å²) in [6, 6.07) is 18.4. The van der Waals surface area contributed by atoms with Crippen LogP contribution >= 0.6 is 0 Å². The number of rotatable bonds is 3. The molecular weight excluding hydrogens is 362 g/mol. The number of hydrogen-bond donors (Lipinski definition) is 0. The minimum absolute atomic E-state index is 0.0431. The van der Waals surface area contributed by atoms with Gasteiger partial charge in [0.15, 0.2) is 0 Å². The number of fused-ring (bicyclic) bond motifs is 2. The smallest absolute Gasteiger partial charge is 0.255 e. The first-order chi connectivity index (χ1) is 14.2. The molecule has 0 aliphatic carbocycles. The molecule has 0 saturated heterocycles. The van der Waals surface area contributed by atoms with Gasteiger partial charge in [-0.05, 0) is 35.7 Å². The van der Waals surface area contributed by atoms with E-state index in [1.807, 2.05) is 0 Å². The Morgan fingerprint density at radius 3 is 2.79 bits per heavy atom. The second-order valence-electron chi connectivity index (χ2n) is 7.43. The second kappa shape index (κ2) is 7.13. The summed E-state index contributed by atoms with van der Waals surface area (Å²) in [6.45, 7) is 3.57. The van der Waals surface area contributed by atoms with E-state index in [-0.39, 0.29) is 11.6 Å². The SMILES string of the molecule is CC1CCn2c(nc(-c3ccncn3)cc2=O)N1Cc1cccc2ccccc12. The third kappa shape index (κ3) is 3.16. The summed E-state index contributed by atoms with van der Waals surface area (Å²) in [5.41, 5.74) is 2.42. The molecule has 1 aliphatic rings. The zero-order chi connectivity index (χ0) is 19.8. The molecule has 1 unspecified atom stereocenters. The van der Waals surface area contributed by atoms with Crippen LogP contribution in [0.25, 0.3) is 22.2 Å². The molecule has 29 heavy (non-hydrogen) atoms. The maximum atomic E-state index is 12.8. The van der Waals surface area contributed by atoms with Crippen molar-refractivity contribution in [3.05, 3.63) is 83.0 Å². The van der Waals surface area contributed by atoms with Crippen molar-refractivity contribution in [2.75, 3.05) is 4.90 Å². The van der Waals surface area contributed by atoms with E-state index in [4.69, 9.17) is 4.98 Å². The molecule has 144 valence electrons. The van der Waals surface area contributed by atoms with Crippen molar-refractivity contribution in [3.8, 4) is 11.4 Å². The Hall–Kier alpha value is -3.54. The molecule has 5 rings (SSSR count). The number of nitrogens with zero attached hydrogens (tertiary/aromatic N) is 5. The Morgan fingerprint density at radius 2 is 1.93 bits per heavy atom. The van der Waals surface area contributed by atoms with Gasteiger partial charge >= 0.3 is 0 Å². The summed E-state index contributed by atoms with van der Waals surface area (Å²) in [5.74, 6) is 0.706. The molecule has 1 atom stereocenters. The Kier molecular flexibility index (Phi) is 4.31. The van der Waals surface area contributed by atoms with Gasteiger partial charge in [0, 0.05) is 31.4 Å². The van der Waals surface area contributed by atoms with Gasteiger partial charge in [0.2, 0.25) is 5.95 Å². The molecule has 0 amide bonds. The van der Waals surface area contributed by atoms with Crippen LogP contribution in [0.3, 0.4) is 0 Å². The lowest BCUT2D eigenvalue weighted by Gasteiger charge is -2.36. The normalized spacial score (nSPS) is 16.0. The van der Waals surface area contributed by atoms with Crippen LogP contribution in [0, 0.1) is 0 Å². The predicted octanol–water partition coefficient (Wildman–Crippen LogP) is 3.65. The highest BCUT2D eigenvalue weighted by Crippen LogP contribution is 2.28. The third-order valence-corrected chi connectivity index (χ3v) is 5.61. The van der Waals surface area contributed by atoms with Gasteiger partial charge in [0.1, 0.15) is 6.33 Å². The van der Waals surface area contributed by atoms with Gasteiger partial charge in [-0.25, -0.2) is 15.0 Å². The molecule has 1 aliphatic heterocycles. The zero-order valence-electron chi connectivity index (χ0n) is 16.2. The standard InChI is InChI=1S/C23H21N5O/c1-16-10-12-27-22(29)13-21(20-9-11-24-15-25-20)26-23(27)28(16)14-18-7-4-6-17-5-2-3-8-19(17)18/h2-9,11,13,15-16H,10,12,14H2,1H3. The monoisotopic (exact) mass is 383 g/mol. The van der Waals surface area contributed by atoms with E-state index in [1.54, 1.807) is 22.9 Å². The van der Waals surface area contributed by atoms with Gasteiger partial charge in [0.05, 0.1) is 11.4 Å². The summed E-state index contributed by atoms with van der Waals surface area (Å²) in [7, 11) is 0. The topological polar surface area (TPSA) is 63.9 Å². The van der Waals surface area contributed by atoms with Crippen molar-refractivity contribution in [2.24, 2.45) is 0 Å². The van der Waals surface area contributed by atoms with E-state index in [1.165, 1.54) is 22.7 Å².